The average molecular weight is 352 g/mol. The molecule has 1 aromatic rings. The van der Waals surface area contributed by atoms with Crippen molar-refractivity contribution in [1.82, 2.24) is 10.0 Å². The molecule has 1 aromatic carbocycles. The van der Waals surface area contributed by atoms with Crippen LogP contribution in [0.2, 0.25) is 0 Å². The van der Waals surface area contributed by atoms with E-state index < -0.39 is 10.0 Å². The van der Waals surface area contributed by atoms with Gasteiger partial charge in [-0.1, -0.05) is 18.9 Å². The Bertz CT molecular complexity index is 678. The Labute approximate surface area is 143 Å². The number of carbonyl (C=O) groups is 1. The summed E-state index contributed by atoms with van der Waals surface area (Å²) in [7, 11) is -3.62. The average Bonchev–Trinajstić information content (AvgIpc) is 3.27. The minimum Gasteiger partial charge on any atom is -0.381 e. The molecule has 3 rings (SSSR count). The molecule has 1 aliphatic carbocycles. The van der Waals surface area contributed by atoms with Gasteiger partial charge in [-0.15, -0.1) is 0 Å². The highest BCUT2D eigenvalue weighted by molar-refractivity contribution is 7.89. The number of nitrogens with one attached hydrogen (secondary N) is 2. The Morgan fingerprint density at radius 2 is 2.00 bits per heavy atom. The van der Waals surface area contributed by atoms with Gasteiger partial charge in [0.1, 0.15) is 0 Å². The number of benzene rings is 1. The number of hydrogen-bond acceptors (Lipinski definition) is 4. The van der Waals surface area contributed by atoms with E-state index in [-0.39, 0.29) is 22.8 Å². The summed E-state index contributed by atoms with van der Waals surface area (Å²) in [4.78, 5) is 12.4. The van der Waals surface area contributed by atoms with Crippen molar-refractivity contribution in [3.8, 4) is 0 Å². The first-order valence-electron chi connectivity index (χ1n) is 8.53. The van der Waals surface area contributed by atoms with E-state index in [9.17, 15) is 13.2 Å². The first-order chi connectivity index (χ1) is 11.5. The quantitative estimate of drug-likeness (QED) is 0.816. The molecule has 1 saturated carbocycles. The lowest BCUT2D eigenvalue weighted by Crippen LogP contribution is -2.33. The normalized spacial score (nSPS) is 21.9. The molecule has 2 aliphatic rings. The molecule has 2 fully saturated rings. The molecule has 0 radical (unpaired) electrons. The van der Waals surface area contributed by atoms with Crippen molar-refractivity contribution in [2.45, 2.75) is 43.0 Å². The van der Waals surface area contributed by atoms with Crippen molar-refractivity contribution in [2.75, 3.05) is 19.8 Å². The van der Waals surface area contributed by atoms with Gasteiger partial charge in [0.2, 0.25) is 10.0 Å². The van der Waals surface area contributed by atoms with E-state index >= 15 is 0 Å². The summed E-state index contributed by atoms with van der Waals surface area (Å²) >= 11 is 0. The third-order valence-electron chi connectivity index (χ3n) is 4.68. The highest BCUT2D eigenvalue weighted by Crippen LogP contribution is 2.19. The van der Waals surface area contributed by atoms with E-state index in [2.05, 4.69) is 10.0 Å². The Kier molecular flexibility index (Phi) is 5.53. The van der Waals surface area contributed by atoms with E-state index in [0.29, 0.717) is 25.3 Å². The van der Waals surface area contributed by atoms with Gasteiger partial charge < -0.3 is 10.1 Å². The fraction of sp³-hybridized carbons (Fsp3) is 0.588. The molecule has 24 heavy (non-hydrogen) atoms. The first kappa shape index (κ1) is 17.4. The van der Waals surface area contributed by atoms with Gasteiger partial charge in [0.15, 0.2) is 0 Å². The lowest BCUT2D eigenvalue weighted by atomic mass is 10.1. The van der Waals surface area contributed by atoms with Crippen molar-refractivity contribution in [3.63, 3.8) is 0 Å². The minimum atomic E-state index is -3.62. The maximum absolute atomic E-state index is 12.4. The summed E-state index contributed by atoms with van der Waals surface area (Å²) in [6.45, 7) is 1.64. The number of ether oxygens (including phenoxy) is 1. The Morgan fingerprint density at radius 3 is 2.71 bits per heavy atom. The maximum atomic E-state index is 12.4. The standard InChI is InChI=1S/C17H24N2O4S/c20-17(19-15-5-1-2-6-15)14-4-3-7-16(10-14)24(21,22)18-11-13-8-9-23-12-13/h3-4,7,10,13,15,18H,1-2,5-6,8-9,11-12H2,(H,19,20)/t13-/m0/s1. The molecule has 6 nitrogen and oxygen atoms in total. The highest BCUT2D eigenvalue weighted by Gasteiger charge is 2.22. The fourth-order valence-electron chi connectivity index (χ4n) is 3.20. The van der Waals surface area contributed by atoms with Crippen LogP contribution in [0.3, 0.4) is 0 Å². The lowest BCUT2D eigenvalue weighted by molar-refractivity contribution is 0.0937. The van der Waals surface area contributed by atoms with E-state index in [4.69, 9.17) is 4.74 Å². The number of rotatable bonds is 6. The topological polar surface area (TPSA) is 84.5 Å². The fourth-order valence-corrected chi connectivity index (χ4v) is 4.36. The zero-order valence-electron chi connectivity index (χ0n) is 13.7. The van der Waals surface area contributed by atoms with Crippen LogP contribution in [0.1, 0.15) is 42.5 Å². The SMILES string of the molecule is O=C(NC1CCCC1)c1cccc(S(=O)(=O)NC[C@@H]2CCOC2)c1. The number of amides is 1. The Morgan fingerprint density at radius 1 is 1.21 bits per heavy atom. The van der Waals surface area contributed by atoms with Crippen LogP contribution in [-0.2, 0) is 14.8 Å². The second-order valence-electron chi connectivity index (χ2n) is 6.56. The molecule has 132 valence electrons. The van der Waals surface area contributed by atoms with Gasteiger partial charge >= 0.3 is 0 Å². The van der Waals surface area contributed by atoms with Crippen molar-refractivity contribution >= 4 is 15.9 Å². The van der Waals surface area contributed by atoms with Gasteiger partial charge in [-0.2, -0.15) is 0 Å². The van der Waals surface area contributed by atoms with Gasteiger partial charge in [-0.25, -0.2) is 13.1 Å². The molecule has 1 amide bonds. The minimum absolute atomic E-state index is 0.125. The predicted molar refractivity (Wildman–Crippen MR) is 90.3 cm³/mol. The second-order valence-corrected chi connectivity index (χ2v) is 8.33. The van der Waals surface area contributed by atoms with Crippen molar-refractivity contribution in [3.05, 3.63) is 29.8 Å². The molecule has 1 heterocycles. The van der Waals surface area contributed by atoms with Crippen LogP contribution < -0.4 is 10.0 Å². The number of hydrogen-bond donors (Lipinski definition) is 2. The second kappa shape index (κ2) is 7.63. The molecule has 2 N–H and O–H groups in total. The van der Waals surface area contributed by atoms with Crippen LogP contribution in [0.25, 0.3) is 0 Å². The van der Waals surface area contributed by atoms with Gasteiger partial charge in [-0.05, 0) is 43.4 Å². The van der Waals surface area contributed by atoms with E-state index in [1.54, 1.807) is 12.1 Å². The van der Waals surface area contributed by atoms with Crippen molar-refractivity contribution in [2.24, 2.45) is 5.92 Å². The summed E-state index contributed by atoms with van der Waals surface area (Å²) in [5, 5.41) is 2.98. The number of carbonyl (C=O) groups excluding carboxylic acids is 1. The summed E-state index contributed by atoms with van der Waals surface area (Å²) < 4.78 is 32.7. The Hall–Kier alpha value is -1.44. The number of sulfonamides is 1. The molecule has 0 aromatic heterocycles. The molecule has 1 atom stereocenters. The van der Waals surface area contributed by atoms with E-state index in [1.165, 1.54) is 12.1 Å². The molecular formula is C17H24N2O4S. The monoisotopic (exact) mass is 352 g/mol. The maximum Gasteiger partial charge on any atom is 0.251 e. The van der Waals surface area contributed by atoms with Crippen LogP contribution in [0, 0.1) is 5.92 Å². The summed E-state index contributed by atoms with van der Waals surface area (Å²) in [6, 6.07) is 6.42. The highest BCUT2D eigenvalue weighted by atomic mass is 32.2. The lowest BCUT2D eigenvalue weighted by Gasteiger charge is -2.13. The molecule has 1 aliphatic heterocycles. The Balaban J connectivity index is 1.65. The summed E-state index contributed by atoms with van der Waals surface area (Å²) in [5.41, 5.74) is 0.383. The third-order valence-corrected chi connectivity index (χ3v) is 6.10. The largest absolute Gasteiger partial charge is 0.381 e. The smallest absolute Gasteiger partial charge is 0.251 e. The molecule has 1 saturated heterocycles. The summed E-state index contributed by atoms with van der Waals surface area (Å²) in [5.74, 6) is 0.0109. The van der Waals surface area contributed by atoms with Gasteiger partial charge in [0.25, 0.3) is 5.91 Å². The van der Waals surface area contributed by atoms with Crippen molar-refractivity contribution in [1.29, 1.82) is 0 Å². The molecule has 0 unspecified atom stereocenters. The third kappa shape index (κ3) is 4.34. The zero-order valence-corrected chi connectivity index (χ0v) is 14.5. The van der Waals surface area contributed by atoms with Crippen LogP contribution >= 0.6 is 0 Å². The van der Waals surface area contributed by atoms with Crippen LogP contribution in [-0.4, -0.2) is 40.1 Å². The van der Waals surface area contributed by atoms with Gasteiger partial charge in [0.05, 0.1) is 11.5 Å². The summed E-state index contributed by atoms with van der Waals surface area (Å²) in [6.07, 6.45) is 5.12. The van der Waals surface area contributed by atoms with Crippen molar-refractivity contribution < 1.29 is 17.9 Å². The molecule has 0 spiro atoms. The van der Waals surface area contributed by atoms with Gasteiger partial charge in [0, 0.05) is 24.8 Å². The zero-order chi connectivity index (χ0) is 17.0. The van der Waals surface area contributed by atoms with Crippen LogP contribution in [0.5, 0.6) is 0 Å². The predicted octanol–water partition coefficient (Wildman–Crippen LogP) is 1.67. The molecular weight excluding hydrogens is 328 g/mol. The van der Waals surface area contributed by atoms with E-state index in [1.807, 2.05) is 0 Å². The van der Waals surface area contributed by atoms with Gasteiger partial charge in [-0.3, -0.25) is 4.79 Å². The molecule has 7 heteroatoms. The van der Waals surface area contributed by atoms with Crippen LogP contribution in [0.15, 0.2) is 29.2 Å². The van der Waals surface area contributed by atoms with Crippen LogP contribution in [0.4, 0.5) is 0 Å². The molecule has 0 bridgehead atoms. The first-order valence-corrected chi connectivity index (χ1v) is 10.0. The van der Waals surface area contributed by atoms with E-state index in [0.717, 1.165) is 32.1 Å².